The Morgan fingerprint density at radius 2 is 1.80 bits per heavy atom. The largest absolute Gasteiger partial charge is 0.462 e. The molecule has 2 aliphatic rings. The lowest BCUT2D eigenvalue weighted by molar-refractivity contribution is 0.0505. The van der Waals surface area contributed by atoms with Gasteiger partial charge in [-0.1, -0.05) is 6.92 Å². The average Bonchev–Trinajstić information content (AvgIpc) is 3.46. The fraction of sp³-hybridized carbons (Fsp3) is 0.579. The average molecular weight is 345 g/mol. The zero-order chi connectivity index (χ0) is 17.6. The predicted molar refractivity (Wildman–Crippen MR) is 96.8 cm³/mol. The summed E-state index contributed by atoms with van der Waals surface area (Å²) in [5, 5.41) is 5.87. The van der Waals surface area contributed by atoms with E-state index in [-0.39, 0.29) is 18.0 Å². The summed E-state index contributed by atoms with van der Waals surface area (Å²) in [7, 11) is 0. The van der Waals surface area contributed by atoms with Gasteiger partial charge in [-0.2, -0.15) is 0 Å². The zero-order valence-electron chi connectivity index (χ0n) is 14.8. The van der Waals surface area contributed by atoms with E-state index in [1.807, 2.05) is 6.92 Å². The number of ether oxygens (including phenoxy) is 1. The summed E-state index contributed by atoms with van der Waals surface area (Å²) in [5.41, 5.74) is 1.16. The number of nitrogens with zero attached hydrogens (tertiary/aromatic N) is 1. The second-order valence-corrected chi connectivity index (χ2v) is 6.85. The Morgan fingerprint density at radius 3 is 2.40 bits per heavy atom. The molecule has 6 nitrogen and oxygen atoms in total. The van der Waals surface area contributed by atoms with Crippen LogP contribution in [-0.2, 0) is 4.74 Å². The van der Waals surface area contributed by atoms with E-state index in [1.165, 1.54) is 12.8 Å². The van der Waals surface area contributed by atoms with Crippen LogP contribution in [0, 0.1) is 0 Å². The van der Waals surface area contributed by atoms with Gasteiger partial charge >= 0.3 is 12.0 Å². The number of piperidine rings is 1. The van der Waals surface area contributed by atoms with Crippen molar-refractivity contribution in [2.24, 2.45) is 0 Å². The summed E-state index contributed by atoms with van der Waals surface area (Å²) in [6.07, 6.45) is 5.48. The maximum atomic E-state index is 12.1. The molecule has 1 aliphatic carbocycles. The number of carbonyl (C=O) groups is 2. The summed E-state index contributed by atoms with van der Waals surface area (Å²) >= 11 is 0. The maximum absolute atomic E-state index is 12.1. The van der Waals surface area contributed by atoms with Crippen molar-refractivity contribution in [2.45, 2.75) is 51.1 Å². The first-order valence-corrected chi connectivity index (χ1v) is 9.24. The molecule has 2 amide bonds. The Bertz CT molecular complexity index is 590. The lowest BCUT2D eigenvalue weighted by atomic mass is 10.1. The quantitative estimate of drug-likeness (QED) is 0.778. The Balaban J connectivity index is 1.42. The van der Waals surface area contributed by atoms with Gasteiger partial charge in [0.2, 0.25) is 0 Å². The van der Waals surface area contributed by atoms with Gasteiger partial charge in [0.05, 0.1) is 12.2 Å². The number of carbonyl (C=O) groups excluding carboxylic acids is 2. The second kappa shape index (κ2) is 8.34. The van der Waals surface area contributed by atoms with Crippen molar-refractivity contribution in [1.82, 2.24) is 10.2 Å². The number of hydrogen-bond acceptors (Lipinski definition) is 4. The van der Waals surface area contributed by atoms with E-state index in [0.717, 1.165) is 38.4 Å². The Kier molecular flexibility index (Phi) is 5.91. The summed E-state index contributed by atoms with van der Waals surface area (Å²) < 4.78 is 5.09. The van der Waals surface area contributed by atoms with E-state index in [1.54, 1.807) is 24.3 Å². The molecule has 25 heavy (non-hydrogen) atoms. The molecule has 2 N–H and O–H groups in total. The normalized spacial score (nSPS) is 18.6. The summed E-state index contributed by atoms with van der Waals surface area (Å²) in [4.78, 5) is 26.4. The van der Waals surface area contributed by atoms with E-state index in [2.05, 4.69) is 15.5 Å². The monoisotopic (exact) mass is 345 g/mol. The molecule has 0 radical (unpaired) electrons. The molecule has 0 unspecified atom stereocenters. The highest BCUT2D eigenvalue weighted by molar-refractivity contribution is 5.92. The fourth-order valence-corrected chi connectivity index (χ4v) is 3.17. The molecule has 0 aromatic heterocycles. The highest BCUT2D eigenvalue weighted by atomic mass is 16.5. The van der Waals surface area contributed by atoms with Crippen LogP contribution in [-0.4, -0.2) is 48.7 Å². The molecule has 3 rings (SSSR count). The van der Waals surface area contributed by atoms with E-state index in [4.69, 9.17) is 4.74 Å². The van der Waals surface area contributed by atoms with Gasteiger partial charge in [-0.3, -0.25) is 0 Å². The minimum Gasteiger partial charge on any atom is -0.462 e. The van der Waals surface area contributed by atoms with Crippen LogP contribution in [0.5, 0.6) is 0 Å². The number of amides is 2. The summed E-state index contributed by atoms with van der Waals surface area (Å²) in [5.74, 6) is -0.333. The van der Waals surface area contributed by atoms with E-state index in [9.17, 15) is 9.59 Å². The van der Waals surface area contributed by atoms with Crippen molar-refractivity contribution in [3.8, 4) is 0 Å². The number of likely N-dealkylation sites (tertiary alicyclic amines) is 1. The second-order valence-electron chi connectivity index (χ2n) is 6.85. The van der Waals surface area contributed by atoms with Gasteiger partial charge in [-0.05, 0) is 56.4 Å². The van der Waals surface area contributed by atoms with Gasteiger partial charge in [-0.15, -0.1) is 0 Å². The van der Waals surface area contributed by atoms with Crippen molar-refractivity contribution >= 4 is 17.7 Å². The van der Waals surface area contributed by atoms with E-state index >= 15 is 0 Å². The fourth-order valence-electron chi connectivity index (χ4n) is 3.17. The number of urea groups is 1. The van der Waals surface area contributed by atoms with Crippen LogP contribution < -0.4 is 10.6 Å². The first kappa shape index (κ1) is 17.7. The number of rotatable bonds is 6. The molecular formula is C19H27N3O3. The van der Waals surface area contributed by atoms with Crippen LogP contribution in [0.4, 0.5) is 10.5 Å². The lowest BCUT2D eigenvalue weighted by Gasteiger charge is -2.32. The lowest BCUT2D eigenvalue weighted by Crippen LogP contribution is -2.46. The third-order valence-electron chi connectivity index (χ3n) is 4.74. The van der Waals surface area contributed by atoms with Crippen LogP contribution in [0.15, 0.2) is 24.3 Å². The molecule has 1 heterocycles. The Hall–Kier alpha value is -2.08. The third-order valence-corrected chi connectivity index (χ3v) is 4.74. The van der Waals surface area contributed by atoms with Crippen molar-refractivity contribution < 1.29 is 14.3 Å². The highest BCUT2D eigenvalue weighted by Crippen LogP contribution is 2.29. The molecular weight excluding hydrogens is 318 g/mol. The summed E-state index contributed by atoms with van der Waals surface area (Å²) in [6.45, 7) is 4.52. The minimum absolute atomic E-state index is 0.189. The standard InChI is InChI=1S/C19H27N3O3/c1-2-13-25-18(23)14-3-5-15(6-4-14)20-19(24)21-16-9-11-22(12-10-16)17-7-8-17/h3-6,16-17H,2,7-13H2,1H3,(H2,20,21,24). The minimum atomic E-state index is -0.333. The number of hydrogen-bond donors (Lipinski definition) is 2. The first-order chi connectivity index (χ1) is 12.2. The SMILES string of the molecule is CCCOC(=O)c1ccc(NC(=O)NC2CCN(C3CC3)CC2)cc1. The number of anilines is 1. The van der Waals surface area contributed by atoms with Crippen LogP contribution in [0.2, 0.25) is 0 Å². The molecule has 2 fully saturated rings. The highest BCUT2D eigenvalue weighted by Gasteiger charge is 2.32. The molecule has 0 atom stereocenters. The first-order valence-electron chi connectivity index (χ1n) is 9.24. The topological polar surface area (TPSA) is 70.7 Å². The third kappa shape index (κ3) is 5.19. The summed E-state index contributed by atoms with van der Waals surface area (Å²) in [6, 6.07) is 7.63. The molecule has 1 saturated heterocycles. The van der Waals surface area contributed by atoms with Gasteiger partial charge in [-0.25, -0.2) is 9.59 Å². The van der Waals surface area contributed by atoms with Gasteiger partial charge < -0.3 is 20.3 Å². The van der Waals surface area contributed by atoms with Crippen molar-refractivity contribution in [3.63, 3.8) is 0 Å². The van der Waals surface area contributed by atoms with Crippen LogP contribution >= 0.6 is 0 Å². The van der Waals surface area contributed by atoms with E-state index < -0.39 is 0 Å². The van der Waals surface area contributed by atoms with E-state index in [0.29, 0.717) is 17.9 Å². The molecule has 0 bridgehead atoms. The van der Waals surface area contributed by atoms with Gasteiger partial charge in [0.25, 0.3) is 0 Å². The molecule has 0 spiro atoms. The number of benzene rings is 1. The van der Waals surface area contributed by atoms with Crippen LogP contribution in [0.25, 0.3) is 0 Å². The number of nitrogens with one attached hydrogen (secondary N) is 2. The maximum Gasteiger partial charge on any atom is 0.338 e. The van der Waals surface area contributed by atoms with Gasteiger partial charge in [0.15, 0.2) is 0 Å². The molecule has 1 aromatic carbocycles. The van der Waals surface area contributed by atoms with Crippen molar-refractivity contribution in [2.75, 3.05) is 25.0 Å². The number of esters is 1. The molecule has 1 aromatic rings. The van der Waals surface area contributed by atoms with Gasteiger partial charge in [0, 0.05) is 30.9 Å². The molecule has 6 heteroatoms. The van der Waals surface area contributed by atoms with Crippen molar-refractivity contribution in [3.05, 3.63) is 29.8 Å². The smallest absolute Gasteiger partial charge is 0.338 e. The molecule has 1 aliphatic heterocycles. The predicted octanol–water partition coefficient (Wildman–Crippen LogP) is 3.00. The zero-order valence-corrected chi connectivity index (χ0v) is 14.8. The van der Waals surface area contributed by atoms with Crippen LogP contribution in [0.1, 0.15) is 49.4 Å². The molecule has 136 valence electrons. The molecule has 1 saturated carbocycles. The van der Waals surface area contributed by atoms with Gasteiger partial charge in [0.1, 0.15) is 0 Å². The Labute approximate surface area is 148 Å². The Morgan fingerprint density at radius 1 is 1.12 bits per heavy atom. The van der Waals surface area contributed by atoms with Crippen LogP contribution in [0.3, 0.4) is 0 Å². The van der Waals surface area contributed by atoms with Crippen molar-refractivity contribution in [1.29, 1.82) is 0 Å².